The van der Waals surface area contributed by atoms with Crippen LogP contribution in [0.1, 0.15) is 37.8 Å². The Morgan fingerprint density at radius 1 is 1.06 bits per heavy atom. The summed E-state index contributed by atoms with van der Waals surface area (Å²) in [7, 11) is 0. The zero-order chi connectivity index (χ0) is 24.2. The van der Waals surface area contributed by atoms with Crippen molar-refractivity contribution < 1.29 is 9.18 Å². The van der Waals surface area contributed by atoms with Crippen molar-refractivity contribution in [2.24, 2.45) is 5.92 Å². The highest BCUT2D eigenvalue weighted by atomic mass is 19.1. The standard InChI is InChI=1S/C25H29FN8O/c1-17(18-5-7-20(26)8-6-18)29-25-31-21(30-22-14-27-9-10-28-22)13-23(32-25)34-15-19(16-34)24(35)33-11-3-2-4-12-33/h5-10,13-14,17,19H,2-4,11-12,15-16H2,1H3,(H2,28,29,30,31,32). The molecule has 2 fully saturated rings. The Morgan fingerprint density at radius 3 is 2.54 bits per heavy atom. The summed E-state index contributed by atoms with van der Waals surface area (Å²) in [6, 6.07) is 8.06. The van der Waals surface area contributed by atoms with Crippen LogP contribution in [0.4, 0.5) is 27.8 Å². The van der Waals surface area contributed by atoms with E-state index < -0.39 is 0 Å². The Hall–Kier alpha value is -3.82. The van der Waals surface area contributed by atoms with Gasteiger partial charge in [0.15, 0.2) is 0 Å². The Labute approximate surface area is 203 Å². The van der Waals surface area contributed by atoms with Crippen LogP contribution in [-0.4, -0.2) is 56.9 Å². The molecule has 0 radical (unpaired) electrons. The van der Waals surface area contributed by atoms with Crippen molar-refractivity contribution in [3.63, 3.8) is 0 Å². The minimum absolute atomic E-state index is 0.00554. The molecule has 1 atom stereocenters. The van der Waals surface area contributed by atoms with Crippen molar-refractivity contribution in [1.82, 2.24) is 24.8 Å². The number of halogens is 1. The van der Waals surface area contributed by atoms with Crippen LogP contribution in [0, 0.1) is 11.7 Å². The molecule has 9 nitrogen and oxygen atoms in total. The molecule has 4 heterocycles. The number of nitrogens with zero attached hydrogens (tertiary/aromatic N) is 6. The average molecular weight is 477 g/mol. The van der Waals surface area contributed by atoms with E-state index in [1.54, 1.807) is 30.7 Å². The molecule has 1 aromatic carbocycles. The second-order valence-corrected chi connectivity index (χ2v) is 9.06. The maximum absolute atomic E-state index is 13.3. The van der Waals surface area contributed by atoms with Gasteiger partial charge in [0.05, 0.1) is 18.2 Å². The Balaban J connectivity index is 1.33. The number of likely N-dealkylation sites (tertiary alicyclic amines) is 1. The summed E-state index contributed by atoms with van der Waals surface area (Å²) >= 11 is 0. The molecule has 1 amide bonds. The Morgan fingerprint density at radius 2 is 1.83 bits per heavy atom. The van der Waals surface area contributed by atoms with E-state index in [1.807, 2.05) is 17.9 Å². The van der Waals surface area contributed by atoms with Crippen LogP contribution in [0.25, 0.3) is 0 Å². The smallest absolute Gasteiger partial charge is 0.229 e. The van der Waals surface area contributed by atoms with E-state index in [0.29, 0.717) is 30.7 Å². The fourth-order valence-electron chi connectivity index (χ4n) is 4.44. The fourth-order valence-corrected chi connectivity index (χ4v) is 4.44. The number of carbonyl (C=O) groups is 1. The van der Waals surface area contributed by atoms with Crippen molar-refractivity contribution in [2.75, 3.05) is 41.7 Å². The van der Waals surface area contributed by atoms with E-state index in [2.05, 4.69) is 30.5 Å². The molecule has 2 saturated heterocycles. The second kappa shape index (κ2) is 10.2. The third-order valence-corrected chi connectivity index (χ3v) is 6.47. The number of carbonyl (C=O) groups excluding carboxylic acids is 1. The summed E-state index contributed by atoms with van der Waals surface area (Å²) in [6.07, 6.45) is 8.21. The molecule has 0 spiro atoms. The van der Waals surface area contributed by atoms with E-state index in [-0.39, 0.29) is 23.7 Å². The Bertz CT molecular complexity index is 1150. The molecule has 182 valence electrons. The summed E-state index contributed by atoms with van der Waals surface area (Å²) in [4.78, 5) is 34.6. The van der Waals surface area contributed by atoms with Gasteiger partial charge in [0.1, 0.15) is 23.3 Å². The van der Waals surface area contributed by atoms with E-state index in [9.17, 15) is 9.18 Å². The van der Waals surface area contributed by atoms with Gasteiger partial charge in [-0.2, -0.15) is 9.97 Å². The maximum Gasteiger partial charge on any atom is 0.229 e. The summed E-state index contributed by atoms with van der Waals surface area (Å²) in [5.41, 5.74) is 0.917. The molecular formula is C25H29FN8O. The topological polar surface area (TPSA) is 99.2 Å². The molecule has 0 aliphatic carbocycles. The van der Waals surface area contributed by atoms with Crippen LogP contribution >= 0.6 is 0 Å². The molecule has 3 aromatic rings. The predicted octanol–water partition coefficient (Wildman–Crippen LogP) is 3.77. The second-order valence-electron chi connectivity index (χ2n) is 9.06. The highest BCUT2D eigenvalue weighted by Crippen LogP contribution is 2.29. The number of anilines is 4. The fraction of sp³-hybridized carbons (Fsp3) is 0.400. The van der Waals surface area contributed by atoms with E-state index in [4.69, 9.17) is 4.98 Å². The lowest BCUT2D eigenvalue weighted by Crippen LogP contribution is -2.55. The molecular weight excluding hydrogens is 447 g/mol. The van der Waals surface area contributed by atoms with Crippen molar-refractivity contribution in [1.29, 1.82) is 0 Å². The summed E-state index contributed by atoms with van der Waals surface area (Å²) in [6.45, 7) is 4.96. The van der Waals surface area contributed by atoms with Gasteiger partial charge >= 0.3 is 0 Å². The van der Waals surface area contributed by atoms with Gasteiger partial charge < -0.3 is 20.4 Å². The van der Waals surface area contributed by atoms with E-state index in [1.165, 1.54) is 18.6 Å². The van der Waals surface area contributed by atoms with Gasteiger partial charge in [0.2, 0.25) is 11.9 Å². The number of aromatic nitrogens is 4. The number of hydrogen-bond acceptors (Lipinski definition) is 8. The van der Waals surface area contributed by atoms with Gasteiger partial charge in [0.25, 0.3) is 0 Å². The SMILES string of the molecule is CC(Nc1nc(Nc2cnccn2)cc(N2CC(C(=O)N3CCCCC3)C2)n1)c1ccc(F)cc1. The lowest BCUT2D eigenvalue weighted by atomic mass is 9.97. The number of rotatable bonds is 7. The van der Waals surface area contributed by atoms with Crippen LogP contribution in [0.15, 0.2) is 48.9 Å². The monoisotopic (exact) mass is 476 g/mol. The summed E-state index contributed by atoms with van der Waals surface area (Å²) in [5, 5.41) is 6.49. The third kappa shape index (κ3) is 5.47. The highest BCUT2D eigenvalue weighted by molar-refractivity contribution is 5.82. The van der Waals surface area contributed by atoms with Crippen LogP contribution in [0.2, 0.25) is 0 Å². The number of amides is 1. The lowest BCUT2D eigenvalue weighted by Gasteiger charge is -2.42. The van der Waals surface area contributed by atoms with Crippen molar-refractivity contribution >= 4 is 29.3 Å². The molecule has 35 heavy (non-hydrogen) atoms. The molecule has 10 heteroatoms. The number of piperidine rings is 1. The molecule has 2 aliphatic rings. The van der Waals surface area contributed by atoms with Gasteiger partial charge in [-0.1, -0.05) is 12.1 Å². The quantitative estimate of drug-likeness (QED) is 0.532. The average Bonchev–Trinajstić information content (AvgIpc) is 2.84. The normalized spacial score (nSPS) is 17.0. The molecule has 2 aliphatic heterocycles. The predicted molar refractivity (Wildman–Crippen MR) is 132 cm³/mol. The first-order valence-electron chi connectivity index (χ1n) is 12.0. The van der Waals surface area contributed by atoms with Crippen LogP contribution in [-0.2, 0) is 4.79 Å². The molecule has 1 unspecified atom stereocenters. The van der Waals surface area contributed by atoms with Crippen LogP contribution in [0.5, 0.6) is 0 Å². The minimum Gasteiger partial charge on any atom is -0.355 e. The van der Waals surface area contributed by atoms with Gasteiger partial charge in [0, 0.05) is 44.6 Å². The Kier molecular flexibility index (Phi) is 6.69. The molecule has 0 bridgehead atoms. The summed E-state index contributed by atoms with van der Waals surface area (Å²) in [5.74, 6) is 2.25. The van der Waals surface area contributed by atoms with E-state index in [0.717, 1.165) is 37.3 Å². The van der Waals surface area contributed by atoms with Crippen molar-refractivity contribution in [2.45, 2.75) is 32.2 Å². The zero-order valence-corrected chi connectivity index (χ0v) is 19.7. The maximum atomic E-state index is 13.3. The number of hydrogen-bond donors (Lipinski definition) is 2. The third-order valence-electron chi connectivity index (χ3n) is 6.47. The number of benzene rings is 1. The van der Waals surface area contributed by atoms with Crippen LogP contribution in [0.3, 0.4) is 0 Å². The number of nitrogens with one attached hydrogen (secondary N) is 2. The first-order valence-corrected chi connectivity index (χ1v) is 12.0. The van der Waals surface area contributed by atoms with Crippen molar-refractivity contribution in [3.05, 3.63) is 60.3 Å². The van der Waals surface area contributed by atoms with Crippen LogP contribution < -0.4 is 15.5 Å². The summed E-state index contributed by atoms with van der Waals surface area (Å²) < 4.78 is 13.3. The van der Waals surface area contributed by atoms with Gasteiger partial charge in [-0.15, -0.1) is 0 Å². The largest absolute Gasteiger partial charge is 0.355 e. The first-order chi connectivity index (χ1) is 17.0. The first kappa shape index (κ1) is 22.9. The molecule has 2 N–H and O–H groups in total. The minimum atomic E-state index is -0.277. The molecule has 5 rings (SSSR count). The highest BCUT2D eigenvalue weighted by Gasteiger charge is 2.36. The lowest BCUT2D eigenvalue weighted by molar-refractivity contribution is -0.137. The van der Waals surface area contributed by atoms with E-state index >= 15 is 0 Å². The zero-order valence-electron chi connectivity index (χ0n) is 19.7. The molecule has 0 saturated carbocycles. The molecule has 2 aromatic heterocycles. The van der Waals surface area contributed by atoms with Gasteiger partial charge in [-0.3, -0.25) is 9.78 Å². The van der Waals surface area contributed by atoms with Gasteiger partial charge in [-0.25, -0.2) is 9.37 Å². The van der Waals surface area contributed by atoms with Crippen molar-refractivity contribution in [3.8, 4) is 0 Å². The van der Waals surface area contributed by atoms with Gasteiger partial charge in [-0.05, 0) is 43.9 Å².